The molecule has 1 heterocycles. The highest BCUT2D eigenvalue weighted by atomic mass is 32.2. The molecule has 1 amide bonds. The minimum atomic E-state index is -3.87. The summed E-state index contributed by atoms with van der Waals surface area (Å²) in [6.45, 7) is 3.48. The van der Waals surface area contributed by atoms with Gasteiger partial charge in [0.25, 0.3) is 0 Å². The summed E-state index contributed by atoms with van der Waals surface area (Å²) in [6.07, 6.45) is 4.55. The first-order valence-corrected chi connectivity index (χ1v) is 11.5. The molecule has 0 saturated carbocycles. The number of nitrogens with zero attached hydrogens (tertiary/aromatic N) is 2. The first-order valence-electron chi connectivity index (χ1n) is 9.67. The number of sulfonamides is 1. The van der Waals surface area contributed by atoms with Gasteiger partial charge in [0.05, 0.1) is 11.9 Å². The number of hydrogen-bond acceptors (Lipinski definition) is 4. The highest BCUT2D eigenvalue weighted by Crippen LogP contribution is 2.25. The van der Waals surface area contributed by atoms with Gasteiger partial charge in [-0.15, -0.1) is 0 Å². The molecule has 0 bridgehead atoms. The fraction of sp³-hybridized carbons (Fsp3) is 0.381. The molecule has 1 N–H and O–H groups in total. The van der Waals surface area contributed by atoms with Gasteiger partial charge in [-0.05, 0) is 62.6 Å². The lowest BCUT2D eigenvalue weighted by Gasteiger charge is -2.29. The van der Waals surface area contributed by atoms with Gasteiger partial charge in [-0.2, -0.15) is 0 Å². The summed E-state index contributed by atoms with van der Waals surface area (Å²) in [5.41, 5.74) is 1.50. The molecule has 0 spiro atoms. The van der Waals surface area contributed by atoms with Crippen molar-refractivity contribution in [2.75, 3.05) is 33.9 Å². The molecule has 1 fully saturated rings. The van der Waals surface area contributed by atoms with Crippen molar-refractivity contribution in [2.45, 2.75) is 32.2 Å². The van der Waals surface area contributed by atoms with Crippen LogP contribution in [0.3, 0.4) is 0 Å². The zero-order chi connectivity index (χ0) is 21.0. The maximum atomic E-state index is 14.2. The average molecular weight is 420 g/mol. The van der Waals surface area contributed by atoms with Gasteiger partial charge in [0.2, 0.25) is 15.9 Å². The van der Waals surface area contributed by atoms with E-state index >= 15 is 0 Å². The van der Waals surface area contributed by atoms with E-state index in [1.807, 2.05) is 12.1 Å². The van der Waals surface area contributed by atoms with E-state index in [9.17, 15) is 17.6 Å². The van der Waals surface area contributed by atoms with E-state index in [4.69, 9.17) is 0 Å². The van der Waals surface area contributed by atoms with Crippen LogP contribution in [0.1, 0.15) is 26.2 Å². The van der Waals surface area contributed by atoms with E-state index < -0.39 is 27.8 Å². The molecule has 156 valence electrons. The number of rotatable bonds is 6. The quantitative estimate of drug-likeness (QED) is 0.777. The topological polar surface area (TPSA) is 69.7 Å². The number of carbonyl (C=O) groups is 1. The third kappa shape index (κ3) is 5.06. The second-order valence-corrected chi connectivity index (χ2v) is 9.13. The van der Waals surface area contributed by atoms with Crippen molar-refractivity contribution in [3.05, 3.63) is 54.3 Å². The van der Waals surface area contributed by atoms with Gasteiger partial charge in [-0.25, -0.2) is 12.8 Å². The number of para-hydroxylation sites is 1. The van der Waals surface area contributed by atoms with E-state index in [1.165, 1.54) is 44.4 Å². The van der Waals surface area contributed by atoms with Gasteiger partial charge in [-0.3, -0.25) is 9.10 Å². The van der Waals surface area contributed by atoms with E-state index in [-0.39, 0.29) is 5.69 Å². The fourth-order valence-electron chi connectivity index (χ4n) is 3.57. The number of nitrogens with one attached hydrogen (secondary N) is 1. The SMILES string of the molecule is CC(C(=O)Nc1ccc(N2CCCCC2)cc1)N(c1ccccc1F)S(C)(=O)=O. The van der Waals surface area contributed by atoms with Gasteiger partial charge < -0.3 is 10.2 Å². The van der Waals surface area contributed by atoms with Crippen LogP contribution in [0, 0.1) is 5.82 Å². The maximum Gasteiger partial charge on any atom is 0.247 e. The summed E-state index contributed by atoms with van der Waals surface area (Å²) in [7, 11) is -3.87. The predicted octanol–water partition coefficient (Wildman–Crippen LogP) is 3.61. The molecular weight excluding hydrogens is 393 g/mol. The predicted molar refractivity (Wildman–Crippen MR) is 114 cm³/mol. The smallest absolute Gasteiger partial charge is 0.247 e. The number of benzene rings is 2. The van der Waals surface area contributed by atoms with Crippen LogP contribution in [0.5, 0.6) is 0 Å². The summed E-state index contributed by atoms with van der Waals surface area (Å²) in [4.78, 5) is 15.0. The molecule has 2 aromatic rings. The summed E-state index contributed by atoms with van der Waals surface area (Å²) < 4.78 is 39.6. The Hall–Kier alpha value is -2.61. The molecule has 1 unspecified atom stereocenters. The van der Waals surface area contributed by atoms with Crippen LogP contribution in [-0.2, 0) is 14.8 Å². The second kappa shape index (κ2) is 8.82. The van der Waals surface area contributed by atoms with E-state index in [0.29, 0.717) is 5.69 Å². The molecule has 29 heavy (non-hydrogen) atoms. The lowest BCUT2D eigenvalue weighted by atomic mass is 10.1. The largest absolute Gasteiger partial charge is 0.372 e. The number of carbonyl (C=O) groups excluding carboxylic acids is 1. The zero-order valence-electron chi connectivity index (χ0n) is 16.6. The van der Waals surface area contributed by atoms with E-state index in [2.05, 4.69) is 10.2 Å². The molecule has 1 saturated heterocycles. The van der Waals surface area contributed by atoms with Crippen LogP contribution in [0.2, 0.25) is 0 Å². The zero-order valence-corrected chi connectivity index (χ0v) is 17.5. The van der Waals surface area contributed by atoms with E-state index in [1.54, 1.807) is 12.1 Å². The first-order chi connectivity index (χ1) is 13.8. The van der Waals surface area contributed by atoms with Gasteiger partial charge in [0, 0.05) is 24.5 Å². The normalized spacial score (nSPS) is 15.6. The van der Waals surface area contributed by atoms with Crippen molar-refractivity contribution in [3.8, 4) is 0 Å². The van der Waals surface area contributed by atoms with Crippen molar-refractivity contribution in [1.29, 1.82) is 0 Å². The summed E-state index contributed by atoms with van der Waals surface area (Å²) in [5.74, 6) is -1.24. The lowest BCUT2D eigenvalue weighted by molar-refractivity contribution is -0.116. The van der Waals surface area contributed by atoms with E-state index in [0.717, 1.165) is 35.4 Å². The first kappa shape index (κ1) is 21.1. The minimum absolute atomic E-state index is 0.155. The number of hydrogen-bond donors (Lipinski definition) is 1. The maximum absolute atomic E-state index is 14.2. The minimum Gasteiger partial charge on any atom is -0.372 e. The van der Waals surface area contributed by atoms with Gasteiger partial charge in [0.15, 0.2) is 0 Å². The van der Waals surface area contributed by atoms with Crippen LogP contribution in [0.15, 0.2) is 48.5 Å². The third-order valence-corrected chi connectivity index (χ3v) is 6.26. The molecule has 1 atom stereocenters. The molecule has 2 aromatic carbocycles. The Morgan fingerprint density at radius 2 is 1.69 bits per heavy atom. The average Bonchev–Trinajstić information content (AvgIpc) is 2.70. The van der Waals surface area contributed by atoms with Crippen LogP contribution in [-0.4, -0.2) is 39.7 Å². The van der Waals surface area contributed by atoms with Crippen LogP contribution in [0.4, 0.5) is 21.5 Å². The highest BCUT2D eigenvalue weighted by Gasteiger charge is 2.31. The van der Waals surface area contributed by atoms with Gasteiger partial charge in [0.1, 0.15) is 11.9 Å². The summed E-state index contributed by atoms with van der Waals surface area (Å²) in [6, 6.07) is 11.8. The van der Waals surface area contributed by atoms with Crippen molar-refractivity contribution in [2.24, 2.45) is 0 Å². The van der Waals surface area contributed by atoms with Crippen molar-refractivity contribution < 1.29 is 17.6 Å². The Kier molecular flexibility index (Phi) is 6.42. The number of halogens is 1. The Morgan fingerprint density at radius 1 is 1.07 bits per heavy atom. The molecule has 0 aliphatic carbocycles. The lowest BCUT2D eigenvalue weighted by Crippen LogP contribution is -2.45. The Morgan fingerprint density at radius 3 is 2.28 bits per heavy atom. The summed E-state index contributed by atoms with van der Waals surface area (Å²) >= 11 is 0. The van der Waals surface area contributed by atoms with Crippen molar-refractivity contribution in [3.63, 3.8) is 0 Å². The Bertz CT molecular complexity index is 957. The van der Waals surface area contributed by atoms with Gasteiger partial charge in [-0.1, -0.05) is 12.1 Å². The fourth-order valence-corrected chi connectivity index (χ4v) is 4.74. The van der Waals surface area contributed by atoms with Crippen LogP contribution in [0.25, 0.3) is 0 Å². The molecule has 8 heteroatoms. The van der Waals surface area contributed by atoms with Crippen LogP contribution < -0.4 is 14.5 Å². The molecular formula is C21H26FN3O3S. The standard InChI is InChI=1S/C21H26FN3O3S/c1-16(25(29(2,27)28)20-9-5-4-8-19(20)22)21(26)23-17-10-12-18(13-11-17)24-14-6-3-7-15-24/h4-5,8-13,16H,3,6-7,14-15H2,1-2H3,(H,23,26). The highest BCUT2D eigenvalue weighted by molar-refractivity contribution is 7.92. The molecule has 1 aliphatic rings. The van der Waals surface area contributed by atoms with Gasteiger partial charge >= 0.3 is 0 Å². The third-order valence-electron chi connectivity index (χ3n) is 5.03. The van der Waals surface area contributed by atoms with Crippen molar-refractivity contribution >= 4 is 33.0 Å². The Labute approximate surface area is 171 Å². The molecule has 6 nitrogen and oxygen atoms in total. The number of anilines is 3. The summed E-state index contributed by atoms with van der Waals surface area (Å²) in [5, 5.41) is 2.73. The van der Waals surface area contributed by atoms with Crippen LogP contribution >= 0.6 is 0 Å². The number of amides is 1. The van der Waals surface area contributed by atoms with Crippen molar-refractivity contribution in [1.82, 2.24) is 0 Å². The molecule has 0 aromatic heterocycles. The molecule has 3 rings (SSSR count). The Balaban J connectivity index is 1.75. The molecule has 0 radical (unpaired) electrons. The number of piperidine rings is 1. The molecule has 1 aliphatic heterocycles. The monoisotopic (exact) mass is 419 g/mol. The second-order valence-electron chi connectivity index (χ2n) is 7.27.